The van der Waals surface area contributed by atoms with Gasteiger partial charge in [-0.05, 0) is 42.5 Å². The van der Waals surface area contributed by atoms with Gasteiger partial charge in [0.2, 0.25) is 5.91 Å². The standard InChI is InChI=1S/C27H23N3O5/c1-34-23-13-18-17-9-3-5-11-21(17)35-22(18)14-20(23)28-24(31)15-30-25(32)27(29-26(30)33)12-6-8-16-7-2-4-10-19(16)27/h2-5,7,9-11,13-14H,6,8,12,15H2,1H3,(H,28,31)(H,29,33)/t27-/m0/s1. The third kappa shape index (κ3) is 3.24. The van der Waals surface area contributed by atoms with Crippen LogP contribution in [-0.4, -0.2) is 36.4 Å². The Morgan fingerprint density at radius 2 is 1.89 bits per heavy atom. The Balaban J connectivity index is 1.27. The van der Waals surface area contributed by atoms with Gasteiger partial charge < -0.3 is 19.8 Å². The molecule has 2 aliphatic rings. The summed E-state index contributed by atoms with van der Waals surface area (Å²) in [5, 5.41) is 7.46. The van der Waals surface area contributed by atoms with E-state index in [0.29, 0.717) is 23.4 Å². The Kier molecular flexibility index (Phi) is 4.77. The van der Waals surface area contributed by atoms with E-state index in [2.05, 4.69) is 10.6 Å². The molecule has 8 nitrogen and oxygen atoms in total. The van der Waals surface area contributed by atoms with Crippen molar-refractivity contribution in [2.45, 2.75) is 24.8 Å². The number of benzene rings is 3. The first-order valence-corrected chi connectivity index (χ1v) is 11.5. The van der Waals surface area contributed by atoms with Gasteiger partial charge in [-0.2, -0.15) is 0 Å². The lowest BCUT2D eigenvalue weighted by molar-refractivity contribution is -0.134. The zero-order valence-electron chi connectivity index (χ0n) is 19.1. The molecule has 0 radical (unpaired) electrons. The Morgan fingerprint density at radius 3 is 2.74 bits per heavy atom. The topological polar surface area (TPSA) is 101 Å². The molecule has 0 unspecified atom stereocenters. The van der Waals surface area contributed by atoms with Crippen LogP contribution in [0.2, 0.25) is 0 Å². The van der Waals surface area contributed by atoms with Gasteiger partial charge in [0.1, 0.15) is 29.0 Å². The molecule has 176 valence electrons. The molecule has 1 spiro atoms. The first-order valence-electron chi connectivity index (χ1n) is 11.5. The molecule has 4 amide bonds. The van der Waals surface area contributed by atoms with Crippen LogP contribution in [-0.2, 0) is 21.5 Å². The van der Waals surface area contributed by atoms with Crippen molar-refractivity contribution in [2.24, 2.45) is 0 Å². The fourth-order valence-electron chi connectivity index (χ4n) is 5.31. The second-order valence-corrected chi connectivity index (χ2v) is 8.93. The van der Waals surface area contributed by atoms with Crippen molar-refractivity contribution in [3.63, 3.8) is 0 Å². The first kappa shape index (κ1) is 21.2. The maximum absolute atomic E-state index is 13.5. The second-order valence-electron chi connectivity index (χ2n) is 8.93. The average molecular weight is 469 g/mol. The van der Waals surface area contributed by atoms with Gasteiger partial charge in [-0.1, -0.05) is 42.5 Å². The minimum Gasteiger partial charge on any atom is -0.495 e. The number of anilines is 1. The van der Waals surface area contributed by atoms with E-state index < -0.39 is 29.9 Å². The van der Waals surface area contributed by atoms with E-state index in [1.807, 2.05) is 48.5 Å². The predicted octanol–water partition coefficient (Wildman–Crippen LogP) is 4.32. The maximum atomic E-state index is 13.5. The van der Waals surface area contributed by atoms with Gasteiger partial charge in [0.05, 0.1) is 12.8 Å². The van der Waals surface area contributed by atoms with E-state index >= 15 is 0 Å². The van der Waals surface area contributed by atoms with E-state index in [1.165, 1.54) is 7.11 Å². The van der Waals surface area contributed by atoms with Crippen LogP contribution in [0.5, 0.6) is 5.75 Å². The molecule has 1 atom stereocenters. The summed E-state index contributed by atoms with van der Waals surface area (Å²) in [4.78, 5) is 40.3. The molecule has 1 aliphatic carbocycles. The van der Waals surface area contributed by atoms with E-state index in [1.54, 1.807) is 12.1 Å². The first-order chi connectivity index (χ1) is 17.0. The number of aryl methyl sites for hydroxylation is 1. The van der Waals surface area contributed by atoms with Crippen molar-refractivity contribution in [1.29, 1.82) is 0 Å². The van der Waals surface area contributed by atoms with Gasteiger partial charge in [0, 0.05) is 16.8 Å². The van der Waals surface area contributed by atoms with Gasteiger partial charge >= 0.3 is 6.03 Å². The number of carbonyl (C=O) groups excluding carboxylic acids is 3. The van der Waals surface area contributed by atoms with Gasteiger partial charge in [-0.15, -0.1) is 0 Å². The monoisotopic (exact) mass is 469 g/mol. The van der Waals surface area contributed by atoms with Crippen LogP contribution in [0.15, 0.2) is 65.1 Å². The number of para-hydroxylation sites is 1. The number of hydrogen-bond acceptors (Lipinski definition) is 5. The molecular weight excluding hydrogens is 446 g/mol. The lowest BCUT2D eigenvalue weighted by atomic mass is 9.76. The van der Waals surface area contributed by atoms with Crippen molar-refractivity contribution < 1.29 is 23.5 Å². The van der Waals surface area contributed by atoms with Crippen LogP contribution in [0.1, 0.15) is 24.0 Å². The van der Waals surface area contributed by atoms with Gasteiger partial charge in [0.25, 0.3) is 5.91 Å². The minimum absolute atomic E-state index is 0.397. The van der Waals surface area contributed by atoms with Gasteiger partial charge in [-0.3, -0.25) is 14.5 Å². The normalized spacial score (nSPS) is 19.3. The summed E-state index contributed by atoms with van der Waals surface area (Å²) in [6.07, 6.45) is 2.13. The number of imide groups is 1. The lowest BCUT2D eigenvalue weighted by Gasteiger charge is -2.33. The number of urea groups is 1. The number of nitrogens with one attached hydrogen (secondary N) is 2. The van der Waals surface area contributed by atoms with Crippen LogP contribution in [0.3, 0.4) is 0 Å². The van der Waals surface area contributed by atoms with Gasteiger partial charge in [0.15, 0.2) is 0 Å². The van der Waals surface area contributed by atoms with E-state index in [0.717, 1.165) is 45.2 Å². The van der Waals surface area contributed by atoms with Crippen LogP contribution in [0.4, 0.5) is 10.5 Å². The summed E-state index contributed by atoms with van der Waals surface area (Å²) in [5.74, 6) is -0.458. The summed E-state index contributed by atoms with van der Waals surface area (Å²) in [7, 11) is 1.51. The molecule has 3 aromatic carbocycles. The quantitative estimate of drug-likeness (QED) is 0.434. The summed E-state index contributed by atoms with van der Waals surface area (Å²) < 4.78 is 11.4. The van der Waals surface area contributed by atoms with Crippen molar-refractivity contribution in [3.05, 3.63) is 71.8 Å². The SMILES string of the molecule is COc1cc2c(cc1NC(=O)CN1C(=O)N[C@]3(CCCc4ccccc43)C1=O)oc1ccccc12. The number of methoxy groups -OCH3 is 1. The number of nitrogens with zero attached hydrogens (tertiary/aromatic N) is 1. The molecule has 1 saturated heterocycles. The molecule has 2 N–H and O–H groups in total. The third-order valence-corrected chi connectivity index (χ3v) is 6.93. The Labute approximate surface area is 200 Å². The highest BCUT2D eigenvalue weighted by Crippen LogP contribution is 2.40. The largest absolute Gasteiger partial charge is 0.495 e. The summed E-state index contributed by atoms with van der Waals surface area (Å²) in [6.45, 7) is -0.407. The van der Waals surface area contributed by atoms with E-state index in [4.69, 9.17) is 9.15 Å². The van der Waals surface area contributed by atoms with E-state index in [9.17, 15) is 14.4 Å². The molecule has 0 bridgehead atoms. The Hall–Kier alpha value is -4.33. The summed E-state index contributed by atoms with van der Waals surface area (Å²) >= 11 is 0. The van der Waals surface area contributed by atoms with Crippen LogP contribution < -0.4 is 15.4 Å². The third-order valence-electron chi connectivity index (χ3n) is 6.93. The predicted molar refractivity (Wildman–Crippen MR) is 130 cm³/mol. The molecule has 8 heteroatoms. The molecule has 0 saturated carbocycles. The van der Waals surface area contributed by atoms with Crippen LogP contribution in [0, 0.1) is 0 Å². The zero-order valence-corrected chi connectivity index (χ0v) is 19.1. The van der Waals surface area contributed by atoms with Gasteiger partial charge in [-0.25, -0.2) is 4.79 Å². The number of furan rings is 1. The maximum Gasteiger partial charge on any atom is 0.325 e. The van der Waals surface area contributed by atoms with E-state index in [-0.39, 0.29) is 0 Å². The molecule has 2 heterocycles. The number of amides is 4. The fourth-order valence-corrected chi connectivity index (χ4v) is 5.31. The van der Waals surface area contributed by atoms with Crippen LogP contribution >= 0.6 is 0 Å². The van der Waals surface area contributed by atoms with Crippen molar-refractivity contribution in [3.8, 4) is 5.75 Å². The summed E-state index contributed by atoms with van der Waals surface area (Å²) in [5.41, 5.74) is 2.46. The number of rotatable bonds is 4. The minimum atomic E-state index is -1.11. The van der Waals surface area contributed by atoms with Crippen LogP contribution in [0.25, 0.3) is 21.9 Å². The molecule has 1 aromatic heterocycles. The smallest absolute Gasteiger partial charge is 0.325 e. The van der Waals surface area contributed by atoms with Crippen molar-refractivity contribution >= 4 is 45.5 Å². The Morgan fingerprint density at radius 1 is 1.09 bits per heavy atom. The number of ether oxygens (including phenoxy) is 1. The number of carbonyl (C=O) groups is 3. The highest BCUT2D eigenvalue weighted by atomic mass is 16.5. The molecule has 1 fully saturated rings. The number of hydrogen-bond donors (Lipinski definition) is 2. The molecule has 1 aliphatic heterocycles. The second kappa shape index (κ2) is 7.87. The lowest BCUT2D eigenvalue weighted by Crippen LogP contribution is -2.47. The average Bonchev–Trinajstić information content (AvgIpc) is 3.34. The molecule has 6 rings (SSSR count). The highest BCUT2D eigenvalue weighted by Gasteiger charge is 2.54. The Bertz CT molecular complexity index is 1520. The fraction of sp³-hybridized carbons (Fsp3) is 0.222. The van der Waals surface area contributed by atoms with Crippen molar-refractivity contribution in [2.75, 3.05) is 19.0 Å². The number of fused-ring (bicyclic) bond motifs is 5. The molecule has 35 heavy (non-hydrogen) atoms. The summed E-state index contributed by atoms with van der Waals surface area (Å²) in [6, 6.07) is 18.2. The molecule has 4 aromatic rings. The van der Waals surface area contributed by atoms with Crippen molar-refractivity contribution in [1.82, 2.24) is 10.2 Å². The highest BCUT2D eigenvalue weighted by molar-refractivity contribution is 6.11. The zero-order chi connectivity index (χ0) is 24.2. The molecular formula is C27H23N3O5.